The molecular weight excluding hydrogens is 481 g/mol. The number of carbonyl (C=O) groups excluding carboxylic acids is 1. The van der Waals surface area contributed by atoms with Crippen LogP contribution in [-0.4, -0.2) is 47.7 Å². The Bertz CT molecular complexity index is 875. The van der Waals surface area contributed by atoms with E-state index in [1.165, 1.54) is 0 Å². The van der Waals surface area contributed by atoms with E-state index < -0.39 is 17.2 Å². The first-order chi connectivity index (χ1) is 13.4. The van der Waals surface area contributed by atoms with Crippen molar-refractivity contribution in [2.45, 2.75) is 47.1 Å². The molecule has 6 nitrogen and oxygen atoms in total. The molecular formula is C22H34IN3O3. The third kappa shape index (κ3) is 5.51. The fourth-order valence-corrected chi connectivity index (χ4v) is 3.96. The summed E-state index contributed by atoms with van der Waals surface area (Å²) in [4.78, 5) is 25.7. The number of hydrogen-bond acceptors (Lipinski definition) is 3. The zero-order valence-electron chi connectivity index (χ0n) is 18.0. The molecule has 162 valence electrons. The number of likely N-dealkylation sites (N-methyl/N-ethyl adjacent to an activating group) is 1. The highest BCUT2D eigenvalue weighted by Gasteiger charge is 2.23. The number of fused-ring (bicyclic) bond motifs is 1. The van der Waals surface area contributed by atoms with Crippen LogP contribution >= 0.6 is 24.0 Å². The lowest BCUT2D eigenvalue weighted by molar-refractivity contribution is -0.923. The van der Waals surface area contributed by atoms with Gasteiger partial charge in [0.25, 0.3) is 11.5 Å². The van der Waals surface area contributed by atoms with Crippen molar-refractivity contribution >= 4 is 40.8 Å². The van der Waals surface area contributed by atoms with Crippen LogP contribution in [0.4, 0.5) is 0 Å². The molecule has 0 unspecified atom stereocenters. The number of pyridine rings is 1. The maximum atomic E-state index is 12.9. The van der Waals surface area contributed by atoms with Crippen molar-refractivity contribution in [2.75, 3.05) is 32.7 Å². The number of hydrogen-bond donors (Lipinski definition) is 1. The summed E-state index contributed by atoms with van der Waals surface area (Å²) in [5.74, 6) is -1.04. The number of carbonyl (C=O) groups is 1. The van der Waals surface area contributed by atoms with E-state index in [4.69, 9.17) is 0 Å². The fraction of sp³-hybridized carbons (Fsp3) is 0.545. The average molecular weight is 515 g/mol. The summed E-state index contributed by atoms with van der Waals surface area (Å²) in [5, 5.41) is 16.1. The molecule has 0 spiro atoms. The molecule has 0 fully saturated rings. The van der Waals surface area contributed by atoms with Gasteiger partial charge in [-0.05, 0) is 38.1 Å². The smallest absolute Gasteiger partial charge is 0.263 e. The molecule has 0 radical (unpaired) electrons. The standard InChI is InChI=1S/C22H33N3O3.HI/c1-5-14-24-18-12-10-9-11-17(18)20(26)19(22(24)28)21(27)23-13-16-25(7-3,8-4)15-6-2;/h9-12H,5-8,13-16H2,1-4H3,(H-,23,26,27,28);1H. The summed E-state index contributed by atoms with van der Waals surface area (Å²) in [5.41, 5.74) is -0.177. The van der Waals surface area contributed by atoms with E-state index in [0.717, 1.165) is 43.5 Å². The summed E-state index contributed by atoms with van der Waals surface area (Å²) in [6.45, 7) is 13.2. The lowest BCUT2D eigenvalue weighted by Gasteiger charge is -2.36. The third-order valence-electron chi connectivity index (χ3n) is 5.71. The van der Waals surface area contributed by atoms with Crippen molar-refractivity contribution in [3.8, 4) is 5.75 Å². The summed E-state index contributed by atoms with van der Waals surface area (Å²) < 4.78 is 2.46. The van der Waals surface area contributed by atoms with Gasteiger partial charge in [0.1, 0.15) is 0 Å². The fourth-order valence-electron chi connectivity index (χ4n) is 3.96. The second kappa shape index (κ2) is 11.5. The Morgan fingerprint density at radius 2 is 1.72 bits per heavy atom. The van der Waals surface area contributed by atoms with Crippen LogP contribution in [0, 0.1) is 0 Å². The van der Waals surface area contributed by atoms with Crippen LogP contribution in [0.3, 0.4) is 0 Å². The van der Waals surface area contributed by atoms with Gasteiger partial charge in [-0.25, -0.2) is 0 Å². The van der Waals surface area contributed by atoms with Crippen molar-refractivity contribution in [3.63, 3.8) is 0 Å². The Morgan fingerprint density at radius 3 is 2.31 bits per heavy atom. The predicted molar refractivity (Wildman–Crippen MR) is 127 cm³/mol. The van der Waals surface area contributed by atoms with Gasteiger partial charge in [0, 0.05) is 6.54 Å². The Hall–Kier alpha value is -1.61. The van der Waals surface area contributed by atoms with Crippen LogP contribution in [-0.2, 0) is 6.54 Å². The number of aryl methyl sites for hydroxylation is 1. The lowest BCUT2D eigenvalue weighted by Crippen LogP contribution is -2.52. The second-order valence-corrected chi connectivity index (χ2v) is 7.36. The van der Waals surface area contributed by atoms with Crippen LogP contribution in [0.2, 0.25) is 0 Å². The minimum atomic E-state index is -0.563. The number of quaternary nitrogens is 1. The lowest BCUT2D eigenvalue weighted by atomic mass is 10.1. The number of benzene rings is 1. The summed E-state index contributed by atoms with van der Waals surface area (Å²) >= 11 is 0. The highest BCUT2D eigenvalue weighted by atomic mass is 127. The molecule has 1 N–H and O–H groups in total. The number of rotatable bonds is 10. The first kappa shape index (κ1) is 25.4. The molecule has 1 heterocycles. The minimum Gasteiger partial charge on any atom is -0.871 e. The summed E-state index contributed by atoms with van der Waals surface area (Å²) in [6, 6.07) is 6.99. The Balaban J connectivity index is 0.00000420. The van der Waals surface area contributed by atoms with E-state index in [0.29, 0.717) is 24.0 Å². The van der Waals surface area contributed by atoms with E-state index >= 15 is 0 Å². The molecule has 2 rings (SSSR count). The number of nitrogens with zero attached hydrogens (tertiary/aromatic N) is 2. The third-order valence-corrected chi connectivity index (χ3v) is 5.71. The molecule has 1 aromatic heterocycles. The topological polar surface area (TPSA) is 74.2 Å². The molecule has 2 aromatic rings. The van der Waals surface area contributed by atoms with Crippen LogP contribution in [0.1, 0.15) is 50.9 Å². The first-order valence-corrected chi connectivity index (χ1v) is 10.4. The molecule has 0 aliphatic rings. The van der Waals surface area contributed by atoms with Crippen molar-refractivity contribution in [1.82, 2.24) is 9.88 Å². The predicted octanol–water partition coefficient (Wildman–Crippen LogP) is 3.10. The van der Waals surface area contributed by atoms with Gasteiger partial charge in [-0.15, -0.1) is 24.0 Å². The highest BCUT2D eigenvalue weighted by Crippen LogP contribution is 2.24. The number of para-hydroxylation sites is 1. The van der Waals surface area contributed by atoms with E-state index in [-0.39, 0.29) is 29.5 Å². The van der Waals surface area contributed by atoms with Gasteiger partial charge in [-0.3, -0.25) is 9.59 Å². The summed E-state index contributed by atoms with van der Waals surface area (Å²) in [6.07, 6.45) is 1.82. The molecule has 0 aliphatic carbocycles. The van der Waals surface area contributed by atoms with Gasteiger partial charge in [0.05, 0.1) is 43.8 Å². The van der Waals surface area contributed by atoms with Crippen LogP contribution in [0.5, 0.6) is 5.75 Å². The molecule has 0 aliphatic heterocycles. The van der Waals surface area contributed by atoms with Gasteiger partial charge in [0.2, 0.25) is 0 Å². The van der Waals surface area contributed by atoms with Gasteiger partial charge in [0.15, 0.2) is 0 Å². The normalized spacial score (nSPS) is 11.3. The molecule has 0 saturated carbocycles. The van der Waals surface area contributed by atoms with Crippen LogP contribution in [0.25, 0.3) is 10.9 Å². The zero-order valence-corrected chi connectivity index (χ0v) is 20.3. The highest BCUT2D eigenvalue weighted by molar-refractivity contribution is 14.0. The molecule has 0 atom stereocenters. The average Bonchev–Trinajstić information content (AvgIpc) is 2.70. The van der Waals surface area contributed by atoms with E-state index in [1.54, 1.807) is 28.8 Å². The molecule has 29 heavy (non-hydrogen) atoms. The number of halogens is 1. The molecule has 0 saturated heterocycles. The Labute approximate surface area is 190 Å². The van der Waals surface area contributed by atoms with Crippen LogP contribution < -0.4 is 16.0 Å². The van der Waals surface area contributed by atoms with Crippen molar-refractivity contribution < 1.29 is 14.4 Å². The van der Waals surface area contributed by atoms with Crippen molar-refractivity contribution in [2.24, 2.45) is 0 Å². The van der Waals surface area contributed by atoms with Gasteiger partial charge in [-0.2, -0.15) is 0 Å². The molecule has 1 amide bonds. The Kier molecular flexibility index (Phi) is 10.1. The van der Waals surface area contributed by atoms with Crippen molar-refractivity contribution in [3.05, 3.63) is 40.2 Å². The quantitative estimate of drug-likeness (QED) is 0.391. The minimum absolute atomic E-state index is 0. The van der Waals surface area contributed by atoms with Gasteiger partial charge in [-0.1, -0.05) is 37.8 Å². The number of aromatic nitrogens is 1. The van der Waals surface area contributed by atoms with Gasteiger partial charge < -0.3 is 19.5 Å². The maximum Gasteiger partial charge on any atom is 0.263 e. The van der Waals surface area contributed by atoms with E-state index in [9.17, 15) is 14.7 Å². The largest absolute Gasteiger partial charge is 0.871 e. The molecule has 1 aromatic carbocycles. The Morgan fingerprint density at radius 1 is 1.07 bits per heavy atom. The van der Waals surface area contributed by atoms with Gasteiger partial charge >= 0.3 is 0 Å². The summed E-state index contributed by atoms with van der Waals surface area (Å²) in [7, 11) is 0. The second-order valence-electron chi connectivity index (χ2n) is 7.36. The molecule has 7 heteroatoms. The van der Waals surface area contributed by atoms with E-state index in [1.807, 2.05) is 6.92 Å². The zero-order chi connectivity index (χ0) is 20.7. The van der Waals surface area contributed by atoms with Crippen molar-refractivity contribution in [1.29, 1.82) is 0 Å². The number of amides is 1. The molecule has 0 bridgehead atoms. The maximum absolute atomic E-state index is 12.9. The first-order valence-electron chi connectivity index (χ1n) is 10.4. The monoisotopic (exact) mass is 515 g/mol. The number of nitrogens with one attached hydrogen (secondary N) is 1. The van der Waals surface area contributed by atoms with E-state index in [2.05, 4.69) is 26.1 Å². The SMILES string of the molecule is CCCn1c(=O)c(C(=O)NCC[N+](CC)(CC)CCC)c([O-])c2ccccc21.I. The van der Waals surface area contributed by atoms with Crippen LogP contribution in [0.15, 0.2) is 29.1 Å².